The first-order valence-electron chi connectivity index (χ1n) is 7.29. The zero-order chi connectivity index (χ0) is 13.7. The molecule has 0 amide bonds. The van der Waals surface area contributed by atoms with Crippen molar-refractivity contribution in [3.63, 3.8) is 0 Å². The second-order valence-corrected chi connectivity index (χ2v) is 5.44. The number of nitrogens with zero attached hydrogens (tertiary/aromatic N) is 3. The molecule has 2 heterocycles. The SMILES string of the molecule is CCN1CCC(C)CC1.Cn1ncc2ccccc21. The molecular formula is C16H25N3. The highest BCUT2D eigenvalue weighted by atomic mass is 15.2. The molecule has 0 unspecified atom stereocenters. The molecule has 1 aliphatic rings. The monoisotopic (exact) mass is 259 g/mol. The average molecular weight is 259 g/mol. The number of aryl methyl sites for hydroxylation is 1. The Morgan fingerprint density at radius 1 is 1.21 bits per heavy atom. The van der Waals surface area contributed by atoms with Gasteiger partial charge in [0.05, 0.1) is 11.7 Å². The molecule has 1 aliphatic heterocycles. The molecule has 3 heteroatoms. The first kappa shape index (κ1) is 14.1. The molecule has 104 valence electrons. The van der Waals surface area contributed by atoms with Crippen molar-refractivity contribution in [3.05, 3.63) is 30.5 Å². The van der Waals surface area contributed by atoms with Gasteiger partial charge in [-0.05, 0) is 44.5 Å². The van der Waals surface area contributed by atoms with E-state index in [-0.39, 0.29) is 0 Å². The number of piperidine rings is 1. The number of hydrogen-bond acceptors (Lipinski definition) is 2. The third-order valence-electron chi connectivity index (χ3n) is 3.98. The number of benzene rings is 1. The van der Waals surface area contributed by atoms with E-state index in [2.05, 4.69) is 36.0 Å². The van der Waals surface area contributed by atoms with E-state index < -0.39 is 0 Å². The summed E-state index contributed by atoms with van der Waals surface area (Å²) in [5.41, 5.74) is 1.18. The van der Waals surface area contributed by atoms with Crippen LogP contribution in [0.15, 0.2) is 30.5 Å². The fourth-order valence-electron chi connectivity index (χ4n) is 2.48. The average Bonchev–Trinajstić information content (AvgIpc) is 2.83. The van der Waals surface area contributed by atoms with E-state index >= 15 is 0 Å². The zero-order valence-corrected chi connectivity index (χ0v) is 12.3. The van der Waals surface area contributed by atoms with Crippen molar-refractivity contribution in [2.75, 3.05) is 19.6 Å². The minimum atomic E-state index is 0.979. The topological polar surface area (TPSA) is 21.1 Å². The summed E-state index contributed by atoms with van der Waals surface area (Å²) in [7, 11) is 1.95. The molecular weight excluding hydrogens is 234 g/mol. The van der Waals surface area contributed by atoms with Crippen LogP contribution in [-0.2, 0) is 7.05 Å². The second kappa shape index (κ2) is 6.71. The van der Waals surface area contributed by atoms with E-state index in [1.165, 1.54) is 43.4 Å². The van der Waals surface area contributed by atoms with Crippen LogP contribution >= 0.6 is 0 Å². The Hall–Kier alpha value is -1.35. The van der Waals surface area contributed by atoms with E-state index in [1.807, 2.05) is 30.1 Å². The standard InChI is InChI=1S/C8H8N2.C8H17N/c1-10-8-5-3-2-4-7(8)6-9-10;1-3-9-6-4-8(2)5-7-9/h2-6H,1H3;8H,3-7H2,1-2H3. The van der Waals surface area contributed by atoms with Gasteiger partial charge in [-0.15, -0.1) is 0 Å². The van der Waals surface area contributed by atoms with Crippen molar-refractivity contribution in [1.82, 2.24) is 14.7 Å². The number of fused-ring (bicyclic) bond motifs is 1. The van der Waals surface area contributed by atoms with Crippen LogP contribution < -0.4 is 0 Å². The summed E-state index contributed by atoms with van der Waals surface area (Å²) in [6.45, 7) is 8.51. The fourth-order valence-corrected chi connectivity index (χ4v) is 2.48. The van der Waals surface area contributed by atoms with E-state index in [0.29, 0.717) is 0 Å². The maximum atomic E-state index is 4.11. The lowest BCUT2D eigenvalue weighted by molar-refractivity contribution is 0.201. The number of aromatic nitrogens is 2. The summed E-state index contributed by atoms with van der Waals surface area (Å²) in [5.74, 6) is 0.979. The molecule has 0 radical (unpaired) electrons. The summed E-state index contributed by atoms with van der Waals surface area (Å²) >= 11 is 0. The van der Waals surface area contributed by atoms with Gasteiger partial charge in [-0.2, -0.15) is 5.10 Å². The fraction of sp³-hybridized carbons (Fsp3) is 0.562. The quantitative estimate of drug-likeness (QED) is 0.783. The minimum Gasteiger partial charge on any atom is -0.304 e. The lowest BCUT2D eigenvalue weighted by atomic mass is 9.99. The first-order valence-corrected chi connectivity index (χ1v) is 7.29. The zero-order valence-electron chi connectivity index (χ0n) is 12.3. The van der Waals surface area contributed by atoms with Crippen LogP contribution in [0.2, 0.25) is 0 Å². The molecule has 19 heavy (non-hydrogen) atoms. The Morgan fingerprint density at radius 3 is 2.53 bits per heavy atom. The molecule has 3 rings (SSSR count). The van der Waals surface area contributed by atoms with E-state index in [4.69, 9.17) is 0 Å². The number of likely N-dealkylation sites (tertiary alicyclic amines) is 1. The molecule has 0 N–H and O–H groups in total. The van der Waals surface area contributed by atoms with Crippen molar-refractivity contribution in [2.45, 2.75) is 26.7 Å². The van der Waals surface area contributed by atoms with Crippen molar-refractivity contribution < 1.29 is 0 Å². The van der Waals surface area contributed by atoms with Crippen molar-refractivity contribution in [3.8, 4) is 0 Å². The van der Waals surface area contributed by atoms with Crippen LogP contribution in [0, 0.1) is 5.92 Å². The van der Waals surface area contributed by atoms with Crippen molar-refractivity contribution >= 4 is 10.9 Å². The number of hydrogen-bond donors (Lipinski definition) is 0. The summed E-state index contributed by atoms with van der Waals surface area (Å²) in [5, 5.41) is 5.31. The molecule has 1 fully saturated rings. The van der Waals surface area contributed by atoms with Gasteiger partial charge in [0.15, 0.2) is 0 Å². The Morgan fingerprint density at radius 2 is 1.89 bits per heavy atom. The molecule has 0 spiro atoms. The molecule has 2 aromatic rings. The number of para-hydroxylation sites is 1. The van der Waals surface area contributed by atoms with Crippen molar-refractivity contribution in [1.29, 1.82) is 0 Å². The van der Waals surface area contributed by atoms with Crippen molar-refractivity contribution in [2.24, 2.45) is 13.0 Å². The van der Waals surface area contributed by atoms with E-state index in [1.54, 1.807) is 0 Å². The summed E-state index contributed by atoms with van der Waals surface area (Å²) in [6.07, 6.45) is 4.69. The highest BCUT2D eigenvalue weighted by molar-refractivity contribution is 5.78. The maximum Gasteiger partial charge on any atom is 0.0679 e. The molecule has 0 atom stereocenters. The summed E-state index contributed by atoms with van der Waals surface area (Å²) in [4.78, 5) is 2.53. The molecule has 3 nitrogen and oxygen atoms in total. The third-order valence-corrected chi connectivity index (χ3v) is 3.98. The maximum absolute atomic E-state index is 4.11. The molecule has 1 aromatic heterocycles. The van der Waals surface area contributed by atoms with Crippen LogP contribution in [-0.4, -0.2) is 34.3 Å². The molecule has 0 aliphatic carbocycles. The van der Waals surface area contributed by atoms with Gasteiger partial charge < -0.3 is 4.90 Å². The minimum absolute atomic E-state index is 0.979. The van der Waals surface area contributed by atoms with Crippen LogP contribution in [0.5, 0.6) is 0 Å². The van der Waals surface area contributed by atoms with Gasteiger partial charge in [-0.25, -0.2) is 0 Å². The van der Waals surface area contributed by atoms with Gasteiger partial charge in [0.25, 0.3) is 0 Å². The normalized spacial score (nSPS) is 17.2. The Balaban J connectivity index is 0.000000141. The summed E-state index contributed by atoms with van der Waals surface area (Å²) < 4.78 is 1.87. The smallest absolute Gasteiger partial charge is 0.0679 e. The van der Waals surface area contributed by atoms with E-state index in [9.17, 15) is 0 Å². The predicted octanol–water partition coefficient (Wildman–Crippen LogP) is 3.31. The highest BCUT2D eigenvalue weighted by Crippen LogP contribution is 2.14. The van der Waals surface area contributed by atoms with Crippen LogP contribution in [0.3, 0.4) is 0 Å². The number of rotatable bonds is 1. The lowest BCUT2D eigenvalue weighted by Crippen LogP contribution is -2.32. The lowest BCUT2D eigenvalue weighted by Gasteiger charge is -2.28. The third kappa shape index (κ3) is 3.80. The van der Waals surface area contributed by atoms with Gasteiger partial charge in [-0.1, -0.05) is 32.0 Å². The van der Waals surface area contributed by atoms with Gasteiger partial charge in [0, 0.05) is 12.4 Å². The second-order valence-electron chi connectivity index (χ2n) is 5.44. The van der Waals surface area contributed by atoms with E-state index in [0.717, 1.165) is 5.92 Å². The van der Waals surface area contributed by atoms with Crippen LogP contribution in [0.4, 0.5) is 0 Å². The summed E-state index contributed by atoms with van der Waals surface area (Å²) in [6, 6.07) is 8.15. The van der Waals surface area contributed by atoms with Gasteiger partial charge in [0.2, 0.25) is 0 Å². The van der Waals surface area contributed by atoms with Gasteiger partial charge in [-0.3, -0.25) is 4.68 Å². The molecule has 0 bridgehead atoms. The predicted molar refractivity (Wildman–Crippen MR) is 81.2 cm³/mol. The van der Waals surface area contributed by atoms with Crippen LogP contribution in [0.1, 0.15) is 26.7 Å². The molecule has 0 saturated carbocycles. The van der Waals surface area contributed by atoms with Gasteiger partial charge in [0.1, 0.15) is 0 Å². The first-order chi connectivity index (χ1) is 9.20. The largest absolute Gasteiger partial charge is 0.304 e. The molecule has 1 saturated heterocycles. The Bertz CT molecular complexity index is 495. The molecule has 1 aromatic carbocycles. The van der Waals surface area contributed by atoms with Crippen LogP contribution in [0.25, 0.3) is 10.9 Å². The Labute approximate surface area is 116 Å². The Kier molecular flexibility index (Phi) is 4.97. The van der Waals surface area contributed by atoms with Gasteiger partial charge >= 0.3 is 0 Å². The highest BCUT2D eigenvalue weighted by Gasteiger charge is 2.12.